The molecule has 0 aliphatic heterocycles. The van der Waals surface area contributed by atoms with E-state index in [1.165, 1.54) is 24.4 Å². The van der Waals surface area contributed by atoms with Crippen molar-refractivity contribution in [2.45, 2.75) is 0 Å². The van der Waals surface area contributed by atoms with E-state index in [0.717, 1.165) is 0 Å². The number of aromatic nitrogens is 3. The van der Waals surface area contributed by atoms with Crippen LogP contribution in [0.2, 0.25) is 0 Å². The van der Waals surface area contributed by atoms with E-state index in [0.29, 0.717) is 0 Å². The number of aromatic amines is 2. The Morgan fingerprint density at radius 2 is 1.90 bits per heavy atom. The van der Waals surface area contributed by atoms with Gasteiger partial charge in [-0.15, -0.1) is 0 Å². The molecular formula is C14H9N3O4. The molecule has 0 unspecified atom stereocenters. The van der Waals surface area contributed by atoms with E-state index >= 15 is 0 Å². The first kappa shape index (κ1) is 12.8. The van der Waals surface area contributed by atoms with Crippen LogP contribution in [0.1, 0.15) is 15.9 Å². The van der Waals surface area contributed by atoms with Gasteiger partial charge in [-0.1, -0.05) is 12.1 Å². The van der Waals surface area contributed by atoms with Crippen LogP contribution in [0.3, 0.4) is 0 Å². The summed E-state index contributed by atoms with van der Waals surface area (Å²) in [5, 5.41) is 9.78. The van der Waals surface area contributed by atoms with E-state index in [1.807, 2.05) is 0 Å². The van der Waals surface area contributed by atoms with Crippen LogP contribution in [-0.2, 0) is 0 Å². The molecule has 0 amide bonds. The Bertz CT molecular complexity index is 972. The van der Waals surface area contributed by atoms with Gasteiger partial charge >= 0.3 is 5.69 Å². The van der Waals surface area contributed by atoms with Crippen molar-refractivity contribution in [1.82, 2.24) is 15.0 Å². The Morgan fingerprint density at radius 3 is 2.67 bits per heavy atom. The molecule has 2 aromatic heterocycles. The Labute approximate surface area is 116 Å². The van der Waals surface area contributed by atoms with Crippen LogP contribution in [-0.4, -0.2) is 25.8 Å². The summed E-state index contributed by atoms with van der Waals surface area (Å²) in [5.41, 5.74) is -0.952. The number of hydrogen-bond donors (Lipinski definition) is 3. The quantitative estimate of drug-likeness (QED) is 0.594. The van der Waals surface area contributed by atoms with Gasteiger partial charge in [0.05, 0.1) is 10.9 Å². The highest BCUT2D eigenvalue weighted by atomic mass is 16.3. The molecule has 21 heavy (non-hydrogen) atoms. The SMILES string of the molecule is O=C(c1cnc2[nH]c(=O)[nH]c(=O)c2c1)c1ccccc1O. The van der Waals surface area contributed by atoms with Crippen LogP contribution in [0.15, 0.2) is 46.1 Å². The van der Waals surface area contributed by atoms with Gasteiger partial charge in [0, 0.05) is 11.8 Å². The Kier molecular flexibility index (Phi) is 2.87. The highest BCUT2D eigenvalue weighted by molar-refractivity contribution is 6.11. The number of carbonyl (C=O) groups excluding carboxylic acids is 1. The monoisotopic (exact) mass is 283 g/mol. The summed E-state index contributed by atoms with van der Waals surface area (Å²) in [6, 6.07) is 7.41. The van der Waals surface area contributed by atoms with Crippen molar-refractivity contribution < 1.29 is 9.90 Å². The number of fused-ring (bicyclic) bond motifs is 1. The Morgan fingerprint density at radius 1 is 1.14 bits per heavy atom. The topological polar surface area (TPSA) is 116 Å². The molecule has 0 aliphatic carbocycles. The first-order valence-electron chi connectivity index (χ1n) is 6.01. The van der Waals surface area contributed by atoms with Crippen molar-refractivity contribution in [3.63, 3.8) is 0 Å². The summed E-state index contributed by atoms with van der Waals surface area (Å²) in [4.78, 5) is 43.5. The van der Waals surface area contributed by atoms with Gasteiger partial charge in [0.25, 0.3) is 5.56 Å². The fraction of sp³-hybridized carbons (Fsp3) is 0. The maximum atomic E-state index is 12.3. The molecule has 0 fully saturated rings. The molecule has 0 bridgehead atoms. The van der Waals surface area contributed by atoms with Crippen molar-refractivity contribution in [2.75, 3.05) is 0 Å². The minimum Gasteiger partial charge on any atom is -0.507 e. The number of para-hydroxylation sites is 1. The van der Waals surface area contributed by atoms with Gasteiger partial charge in [-0.05, 0) is 18.2 Å². The fourth-order valence-electron chi connectivity index (χ4n) is 1.99. The van der Waals surface area contributed by atoms with Gasteiger partial charge in [-0.2, -0.15) is 0 Å². The molecule has 0 atom stereocenters. The molecule has 0 saturated carbocycles. The number of carbonyl (C=O) groups is 1. The van der Waals surface area contributed by atoms with Crippen LogP contribution < -0.4 is 11.2 Å². The summed E-state index contributed by atoms with van der Waals surface area (Å²) in [6.07, 6.45) is 1.24. The zero-order valence-corrected chi connectivity index (χ0v) is 10.6. The minimum absolute atomic E-state index is 0.0934. The molecule has 3 aromatic rings. The summed E-state index contributed by atoms with van der Waals surface area (Å²) in [7, 11) is 0. The van der Waals surface area contributed by atoms with Gasteiger partial charge < -0.3 is 5.11 Å². The lowest BCUT2D eigenvalue weighted by molar-refractivity contribution is 0.103. The number of benzene rings is 1. The number of nitrogens with one attached hydrogen (secondary N) is 2. The molecule has 3 rings (SSSR count). The second kappa shape index (κ2) is 4.71. The van der Waals surface area contributed by atoms with E-state index in [9.17, 15) is 19.5 Å². The van der Waals surface area contributed by atoms with E-state index in [2.05, 4.69) is 15.0 Å². The third-order valence-electron chi connectivity index (χ3n) is 3.00. The molecule has 1 aromatic carbocycles. The first-order valence-corrected chi connectivity index (χ1v) is 6.01. The first-order chi connectivity index (χ1) is 10.1. The van der Waals surface area contributed by atoms with Crippen LogP contribution in [0.25, 0.3) is 11.0 Å². The van der Waals surface area contributed by atoms with Crippen LogP contribution >= 0.6 is 0 Å². The van der Waals surface area contributed by atoms with E-state index in [1.54, 1.807) is 12.1 Å². The van der Waals surface area contributed by atoms with Gasteiger partial charge in [0.1, 0.15) is 11.4 Å². The fourth-order valence-corrected chi connectivity index (χ4v) is 1.99. The molecule has 7 heteroatoms. The van der Waals surface area contributed by atoms with Crippen molar-refractivity contribution in [2.24, 2.45) is 0 Å². The molecule has 2 heterocycles. The lowest BCUT2D eigenvalue weighted by Gasteiger charge is -2.04. The minimum atomic E-state index is -0.667. The molecule has 3 N–H and O–H groups in total. The number of rotatable bonds is 2. The van der Waals surface area contributed by atoms with Crippen LogP contribution in [0.5, 0.6) is 5.75 Å². The average molecular weight is 283 g/mol. The Hall–Kier alpha value is -3.22. The van der Waals surface area contributed by atoms with Crippen molar-refractivity contribution in [1.29, 1.82) is 0 Å². The smallest absolute Gasteiger partial charge is 0.327 e. The molecule has 0 saturated heterocycles. The third-order valence-corrected chi connectivity index (χ3v) is 3.00. The molecule has 7 nitrogen and oxygen atoms in total. The maximum Gasteiger partial charge on any atom is 0.327 e. The van der Waals surface area contributed by atoms with Crippen LogP contribution in [0.4, 0.5) is 0 Å². The van der Waals surface area contributed by atoms with Crippen molar-refractivity contribution >= 4 is 16.8 Å². The Balaban J connectivity index is 2.18. The number of phenolic OH excluding ortho intramolecular Hbond substituents is 1. The van der Waals surface area contributed by atoms with Gasteiger partial charge in [-0.25, -0.2) is 9.78 Å². The standard InChI is InChI=1S/C14H9N3O4/c18-10-4-2-1-3-8(10)11(19)7-5-9-12(15-6-7)16-14(21)17-13(9)20/h1-6,18H,(H2,15,16,17,20,21). The molecule has 104 valence electrons. The number of phenols is 1. The number of nitrogens with zero attached hydrogens (tertiary/aromatic N) is 1. The lowest BCUT2D eigenvalue weighted by Crippen LogP contribution is -2.22. The zero-order valence-electron chi connectivity index (χ0n) is 10.6. The number of aromatic hydroxyl groups is 1. The largest absolute Gasteiger partial charge is 0.507 e. The van der Waals surface area contributed by atoms with Gasteiger partial charge in [0.2, 0.25) is 0 Å². The summed E-state index contributed by atoms with van der Waals surface area (Å²) < 4.78 is 0. The molecule has 0 aliphatic rings. The van der Waals surface area contributed by atoms with Crippen LogP contribution in [0, 0.1) is 0 Å². The number of H-pyrrole nitrogens is 2. The predicted molar refractivity (Wildman–Crippen MR) is 74.5 cm³/mol. The average Bonchev–Trinajstić information content (AvgIpc) is 2.46. The van der Waals surface area contributed by atoms with Gasteiger partial charge in [0.15, 0.2) is 5.78 Å². The van der Waals surface area contributed by atoms with E-state index in [4.69, 9.17) is 0 Å². The number of hydrogen-bond acceptors (Lipinski definition) is 5. The van der Waals surface area contributed by atoms with Gasteiger partial charge in [-0.3, -0.25) is 19.6 Å². The second-order valence-corrected chi connectivity index (χ2v) is 4.37. The van der Waals surface area contributed by atoms with E-state index in [-0.39, 0.29) is 27.9 Å². The van der Waals surface area contributed by atoms with E-state index < -0.39 is 17.0 Å². The molecular weight excluding hydrogens is 274 g/mol. The molecule has 0 spiro atoms. The summed E-state index contributed by atoms with van der Waals surface area (Å²) in [5.74, 6) is -0.619. The van der Waals surface area contributed by atoms with Crippen molar-refractivity contribution in [3.8, 4) is 5.75 Å². The maximum absolute atomic E-state index is 12.3. The number of ketones is 1. The number of pyridine rings is 1. The zero-order chi connectivity index (χ0) is 15.0. The second-order valence-electron chi connectivity index (χ2n) is 4.37. The summed E-state index contributed by atoms with van der Waals surface area (Å²) in [6.45, 7) is 0. The molecule has 0 radical (unpaired) electrons. The normalized spacial score (nSPS) is 10.7. The highest BCUT2D eigenvalue weighted by Gasteiger charge is 2.15. The predicted octanol–water partition coefficient (Wildman–Crippen LogP) is 0.548. The highest BCUT2D eigenvalue weighted by Crippen LogP contribution is 2.20. The summed E-state index contributed by atoms with van der Waals surface area (Å²) >= 11 is 0. The lowest BCUT2D eigenvalue weighted by atomic mass is 10.0. The third kappa shape index (κ3) is 2.20. The van der Waals surface area contributed by atoms with Crippen molar-refractivity contribution in [3.05, 3.63) is 68.5 Å².